The van der Waals surface area contributed by atoms with Crippen molar-refractivity contribution in [2.45, 2.75) is 40.5 Å². The van der Waals surface area contributed by atoms with E-state index >= 15 is 0 Å². The lowest BCUT2D eigenvalue weighted by molar-refractivity contribution is -0.141. The molecule has 2 amide bonds. The largest absolute Gasteiger partial charge is 0.481 e. The lowest BCUT2D eigenvalue weighted by atomic mass is 10.0. The van der Waals surface area contributed by atoms with Crippen molar-refractivity contribution in [3.05, 3.63) is 0 Å². The summed E-state index contributed by atoms with van der Waals surface area (Å²) in [6.45, 7) is 7.82. The Bertz CT molecular complexity index is 267. The lowest BCUT2D eigenvalue weighted by Gasteiger charge is -2.12. The second kappa shape index (κ2) is 11.9. The van der Waals surface area contributed by atoms with Crippen LogP contribution in [-0.2, 0) is 14.4 Å². The molecule has 0 aromatic carbocycles. The zero-order chi connectivity index (χ0) is 14.6. The number of carboxylic acids is 1. The molecule has 0 spiro atoms. The maximum absolute atomic E-state index is 11.5. The van der Waals surface area contributed by atoms with Gasteiger partial charge in [0.15, 0.2) is 0 Å². The van der Waals surface area contributed by atoms with E-state index in [1.165, 1.54) is 6.92 Å². The lowest BCUT2D eigenvalue weighted by Crippen LogP contribution is -2.37. The summed E-state index contributed by atoms with van der Waals surface area (Å²) in [5.41, 5.74) is 0. The summed E-state index contributed by atoms with van der Waals surface area (Å²) in [6, 6.07) is 0. The molecule has 0 aliphatic carbocycles. The summed E-state index contributed by atoms with van der Waals surface area (Å²) in [4.78, 5) is 32.4. The molecule has 0 fully saturated rings. The molecule has 0 aromatic heterocycles. The van der Waals surface area contributed by atoms with Crippen LogP contribution in [-0.4, -0.2) is 36.0 Å². The molecule has 3 N–H and O–H groups in total. The number of hydrogen-bond acceptors (Lipinski definition) is 3. The molecule has 0 aliphatic rings. The van der Waals surface area contributed by atoms with Crippen LogP contribution < -0.4 is 10.6 Å². The normalized spacial score (nSPS) is 10.7. The topological polar surface area (TPSA) is 95.5 Å². The van der Waals surface area contributed by atoms with Crippen molar-refractivity contribution in [2.24, 2.45) is 5.92 Å². The van der Waals surface area contributed by atoms with E-state index in [0.717, 1.165) is 0 Å². The number of rotatable bonds is 7. The molecule has 0 aromatic rings. The smallest absolute Gasteiger partial charge is 0.304 e. The van der Waals surface area contributed by atoms with Gasteiger partial charge in [0.05, 0.1) is 6.42 Å². The fraction of sp³-hybridized carbons (Fsp3) is 0.750. The number of aliphatic carboxylic acids is 1. The number of carbonyl (C=O) groups is 3. The maximum atomic E-state index is 11.5. The van der Waals surface area contributed by atoms with Crippen molar-refractivity contribution >= 4 is 17.8 Å². The first-order valence-corrected chi connectivity index (χ1v) is 6.21. The van der Waals surface area contributed by atoms with E-state index in [-0.39, 0.29) is 18.2 Å². The van der Waals surface area contributed by atoms with E-state index in [2.05, 4.69) is 10.6 Å². The minimum atomic E-state index is -0.983. The van der Waals surface area contributed by atoms with Crippen molar-refractivity contribution in [3.8, 4) is 0 Å². The molecule has 18 heavy (non-hydrogen) atoms. The Balaban J connectivity index is 0. The highest BCUT2D eigenvalue weighted by molar-refractivity contribution is 5.83. The Morgan fingerprint density at radius 2 is 1.61 bits per heavy atom. The fourth-order valence-electron chi connectivity index (χ4n) is 1.20. The third-order valence-corrected chi connectivity index (χ3v) is 2.08. The van der Waals surface area contributed by atoms with Crippen LogP contribution in [0.3, 0.4) is 0 Å². The van der Waals surface area contributed by atoms with Gasteiger partial charge in [-0.15, -0.1) is 0 Å². The SMILES string of the molecule is CC.CCC(CC(=O)O)C(=O)NCCNC(C)=O. The molecule has 106 valence electrons. The van der Waals surface area contributed by atoms with Gasteiger partial charge in [0.1, 0.15) is 0 Å². The molecule has 0 saturated carbocycles. The van der Waals surface area contributed by atoms with Gasteiger partial charge in [0.2, 0.25) is 11.8 Å². The van der Waals surface area contributed by atoms with Crippen LogP contribution >= 0.6 is 0 Å². The summed E-state index contributed by atoms with van der Waals surface area (Å²) < 4.78 is 0. The fourth-order valence-corrected chi connectivity index (χ4v) is 1.20. The zero-order valence-electron chi connectivity index (χ0n) is 11.6. The second-order valence-corrected chi connectivity index (χ2v) is 3.48. The van der Waals surface area contributed by atoms with E-state index in [1.807, 2.05) is 13.8 Å². The predicted octanol–water partition coefficient (Wildman–Crippen LogP) is 0.766. The quantitative estimate of drug-likeness (QED) is 0.589. The molecule has 0 bridgehead atoms. The van der Waals surface area contributed by atoms with Crippen LogP contribution in [0.25, 0.3) is 0 Å². The van der Waals surface area contributed by atoms with E-state index < -0.39 is 11.9 Å². The number of carbonyl (C=O) groups excluding carboxylic acids is 2. The van der Waals surface area contributed by atoms with Crippen molar-refractivity contribution in [1.82, 2.24) is 10.6 Å². The molecule has 6 heteroatoms. The highest BCUT2D eigenvalue weighted by Crippen LogP contribution is 2.07. The van der Waals surface area contributed by atoms with Crippen LogP contribution in [0.4, 0.5) is 0 Å². The molecule has 0 aliphatic heterocycles. The number of carboxylic acid groups (broad SMARTS) is 1. The third kappa shape index (κ3) is 10.9. The third-order valence-electron chi connectivity index (χ3n) is 2.08. The van der Waals surface area contributed by atoms with E-state index in [9.17, 15) is 14.4 Å². The average molecular weight is 260 g/mol. The predicted molar refractivity (Wildman–Crippen MR) is 69.1 cm³/mol. The van der Waals surface area contributed by atoms with Gasteiger partial charge in [0, 0.05) is 25.9 Å². The van der Waals surface area contributed by atoms with Crippen LogP contribution in [0.15, 0.2) is 0 Å². The first-order valence-electron chi connectivity index (χ1n) is 6.21. The van der Waals surface area contributed by atoms with Crippen LogP contribution in [0.1, 0.15) is 40.5 Å². The number of hydrogen-bond donors (Lipinski definition) is 3. The van der Waals surface area contributed by atoms with Gasteiger partial charge in [-0.25, -0.2) is 0 Å². The molecule has 0 heterocycles. The summed E-state index contributed by atoms with van der Waals surface area (Å²) >= 11 is 0. The molecule has 0 rings (SSSR count). The van der Waals surface area contributed by atoms with Gasteiger partial charge in [-0.05, 0) is 6.42 Å². The molecule has 0 radical (unpaired) electrons. The molecular formula is C12H24N2O4. The van der Waals surface area contributed by atoms with Gasteiger partial charge < -0.3 is 15.7 Å². The molecule has 1 atom stereocenters. The van der Waals surface area contributed by atoms with Crippen molar-refractivity contribution in [3.63, 3.8) is 0 Å². The Kier molecular flexibility index (Phi) is 12.4. The van der Waals surface area contributed by atoms with Crippen LogP contribution in [0, 0.1) is 5.92 Å². The highest BCUT2D eigenvalue weighted by atomic mass is 16.4. The number of amides is 2. The first-order chi connectivity index (χ1) is 8.47. The standard InChI is InChI=1S/C10H18N2O4.C2H6/c1-3-8(6-9(14)15)10(16)12-5-4-11-7(2)13;1-2/h8H,3-6H2,1-2H3,(H,11,13)(H,12,16)(H,14,15);1-2H3. The van der Waals surface area contributed by atoms with Gasteiger partial charge in [-0.1, -0.05) is 20.8 Å². The molecule has 6 nitrogen and oxygen atoms in total. The maximum Gasteiger partial charge on any atom is 0.304 e. The van der Waals surface area contributed by atoms with Crippen molar-refractivity contribution < 1.29 is 19.5 Å². The van der Waals surface area contributed by atoms with Crippen LogP contribution in [0.5, 0.6) is 0 Å². The van der Waals surface area contributed by atoms with E-state index in [0.29, 0.717) is 19.5 Å². The monoisotopic (exact) mass is 260 g/mol. The van der Waals surface area contributed by atoms with Crippen molar-refractivity contribution in [2.75, 3.05) is 13.1 Å². The molecule has 0 saturated heterocycles. The summed E-state index contributed by atoms with van der Waals surface area (Å²) in [5.74, 6) is -1.93. The molecular weight excluding hydrogens is 236 g/mol. The van der Waals surface area contributed by atoms with Crippen LogP contribution in [0.2, 0.25) is 0 Å². The highest BCUT2D eigenvalue weighted by Gasteiger charge is 2.18. The van der Waals surface area contributed by atoms with E-state index in [4.69, 9.17) is 5.11 Å². The van der Waals surface area contributed by atoms with Gasteiger partial charge >= 0.3 is 5.97 Å². The molecule has 1 unspecified atom stereocenters. The van der Waals surface area contributed by atoms with Crippen molar-refractivity contribution in [1.29, 1.82) is 0 Å². The Labute approximate surface area is 108 Å². The minimum absolute atomic E-state index is 0.160. The average Bonchev–Trinajstić information content (AvgIpc) is 2.33. The minimum Gasteiger partial charge on any atom is -0.481 e. The van der Waals surface area contributed by atoms with E-state index in [1.54, 1.807) is 6.92 Å². The Morgan fingerprint density at radius 1 is 1.11 bits per heavy atom. The summed E-state index contributed by atoms with van der Waals surface area (Å²) in [6.07, 6.45) is 0.320. The summed E-state index contributed by atoms with van der Waals surface area (Å²) in [5, 5.41) is 13.7. The Morgan fingerprint density at radius 3 is 2.00 bits per heavy atom. The number of nitrogens with one attached hydrogen (secondary N) is 2. The summed E-state index contributed by atoms with van der Waals surface area (Å²) in [7, 11) is 0. The van der Waals surface area contributed by atoms with Gasteiger partial charge in [-0.3, -0.25) is 14.4 Å². The van der Waals surface area contributed by atoms with Gasteiger partial charge in [-0.2, -0.15) is 0 Å². The van der Waals surface area contributed by atoms with Gasteiger partial charge in [0.25, 0.3) is 0 Å². The zero-order valence-corrected chi connectivity index (χ0v) is 11.6. The first kappa shape index (κ1) is 18.8. The second-order valence-electron chi connectivity index (χ2n) is 3.48. The Hall–Kier alpha value is -1.59.